The summed E-state index contributed by atoms with van der Waals surface area (Å²) in [6, 6.07) is 62.3. The highest BCUT2D eigenvalue weighted by Gasteiger charge is 2.46. The first-order chi connectivity index (χ1) is 25.8. The van der Waals surface area contributed by atoms with Crippen LogP contribution in [0.4, 0.5) is 17.1 Å². The summed E-state index contributed by atoms with van der Waals surface area (Å²) in [5.41, 5.74) is 19.7. The Morgan fingerprint density at radius 3 is 1.60 bits per heavy atom. The van der Waals surface area contributed by atoms with Gasteiger partial charge >= 0.3 is 0 Å². The Hall–Kier alpha value is -5.66. The fraction of sp³-hybridized carbons (Fsp3) is 0.176. The topological polar surface area (TPSA) is 3.24 Å². The molecule has 0 aromatic heterocycles. The van der Waals surface area contributed by atoms with Crippen molar-refractivity contribution < 1.29 is 0 Å². The van der Waals surface area contributed by atoms with Crippen LogP contribution in [0.5, 0.6) is 0 Å². The predicted molar refractivity (Wildman–Crippen MR) is 217 cm³/mol. The van der Waals surface area contributed by atoms with Gasteiger partial charge in [0.05, 0.1) is 11.1 Å². The molecule has 252 valence electrons. The maximum atomic E-state index is 2.57. The summed E-state index contributed by atoms with van der Waals surface area (Å²) in [4.78, 5) is 2.55. The van der Waals surface area contributed by atoms with Gasteiger partial charge in [-0.2, -0.15) is 0 Å². The molecule has 0 radical (unpaired) electrons. The first-order valence-electron chi connectivity index (χ1n) is 19.3. The van der Waals surface area contributed by atoms with Gasteiger partial charge in [-0.15, -0.1) is 0 Å². The van der Waals surface area contributed by atoms with Crippen molar-refractivity contribution in [3.63, 3.8) is 0 Å². The largest absolute Gasteiger partial charge is 0.310 e. The van der Waals surface area contributed by atoms with Crippen molar-refractivity contribution in [2.45, 2.75) is 56.8 Å². The third-order valence-electron chi connectivity index (χ3n) is 12.1. The van der Waals surface area contributed by atoms with E-state index in [9.17, 15) is 0 Å². The number of fused-ring (bicyclic) bond motifs is 5. The molecule has 0 aliphatic heterocycles. The summed E-state index contributed by atoms with van der Waals surface area (Å²) >= 11 is 0. The van der Waals surface area contributed by atoms with Crippen LogP contribution in [0, 0.1) is 0 Å². The van der Waals surface area contributed by atoms with Crippen molar-refractivity contribution in [1.82, 2.24) is 0 Å². The summed E-state index contributed by atoms with van der Waals surface area (Å²) in [5, 5.41) is 0. The van der Waals surface area contributed by atoms with Crippen LogP contribution in [-0.4, -0.2) is 0 Å². The van der Waals surface area contributed by atoms with Gasteiger partial charge in [-0.1, -0.05) is 127 Å². The second-order valence-electron chi connectivity index (χ2n) is 15.0. The molecule has 0 heterocycles. The highest BCUT2D eigenvalue weighted by molar-refractivity contribution is 5.96. The van der Waals surface area contributed by atoms with Crippen molar-refractivity contribution in [1.29, 1.82) is 0 Å². The maximum Gasteiger partial charge on any atom is 0.0714 e. The van der Waals surface area contributed by atoms with E-state index in [1.807, 2.05) is 0 Å². The number of hydrogen-bond donors (Lipinski definition) is 0. The van der Waals surface area contributed by atoms with Crippen LogP contribution in [0.25, 0.3) is 22.3 Å². The molecule has 0 N–H and O–H groups in total. The Morgan fingerprint density at radius 2 is 0.923 bits per heavy atom. The van der Waals surface area contributed by atoms with Crippen molar-refractivity contribution in [2.75, 3.05) is 4.90 Å². The Kier molecular flexibility index (Phi) is 7.68. The van der Waals surface area contributed by atoms with E-state index in [0.29, 0.717) is 0 Å². The van der Waals surface area contributed by atoms with Gasteiger partial charge in [-0.3, -0.25) is 0 Å². The summed E-state index contributed by atoms with van der Waals surface area (Å²) in [6.07, 6.45) is 9.76. The first-order valence-corrected chi connectivity index (χ1v) is 19.3. The van der Waals surface area contributed by atoms with Crippen molar-refractivity contribution in [3.05, 3.63) is 208 Å². The quantitative estimate of drug-likeness (QED) is 0.170. The van der Waals surface area contributed by atoms with Crippen molar-refractivity contribution in [2.24, 2.45) is 0 Å². The maximum absolute atomic E-state index is 2.57. The SMILES string of the molecule is c1ccc(N(c2ccc3c(c2)CCCC3)c2cc3c(cc2-c2ccc4c(c2)CCCC4)-c2ccccc2C3(c2ccccc2)c2ccccc2)cc1. The van der Waals surface area contributed by atoms with Crippen LogP contribution in [0.3, 0.4) is 0 Å². The van der Waals surface area contributed by atoms with Gasteiger partial charge in [-0.25, -0.2) is 0 Å². The van der Waals surface area contributed by atoms with Crippen molar-refractivity contribution >= 4 is 17.1 Å². The number of rotatable bonds is 6. The van der Waals surface area contributed by atoms with E-state index in [1.54, 1.807) is 0 Å². The standard InChI is InChI=1S/C51H43N/c1-4-20-41(21-5-1)51(42-22-6-2-7-23-42)48-27-15-14-26-45(48)47-34-46(40-29-28-36-16-10-12-18-38(36)32-40)50(35-49(47)51)52(43-24-8-3-9-25-43)44-31-30-37-17-11-13-19-39(37)33-44/h1-9,14-15,20-35H,10-13,16-19H2. The molecule has 0 saturated carbocycles. The molecule has 1 heteroatoms. The van der Waals surface area contributed by atoms with Gasteiger partial charge in [0.25, 0.3) is 0 Å². The molecule has 3 aliphatic rings. The monoisotopic (exact) mass is 669 g/mol. The Bertz CT molecular complexity index is 2370. The van der Waals surface area contributed by atoms with Crippen LogP contribution in [0.15, 0.2) is 164 Å². The van der Waals surface area contributed by atoms with E-state index < -0.39 is 5.41 Å². The van der Waals surface area contributed by atoms with Crippen LogP contribution in [0.2, 0.25) is 0 Å². The third-order valence-corrected chi connectivity index (χ3v) is 12.1. The summed E-state index contributed by atoms with van der Waals surface area (Å²) in [6.45, 7) is 0. The third kappa shape index (κ3) is 4.98. The van der Waals surface area contributed by atoms with E-state index in [0.717, 1.165) is 12.8 Å². The minimum atomic E-state index is -0.476. The zero-order chi connectivity index (χ0) is 34.5. The molecule has 0 atom stereocenters. The molecule has 0 fully saturated rings. The van der Waals surface area contributed by atoms with Gasteiger partial charge in [0.2, 0.25) is 0 Å². The van der Waals surface area contributed by atoms with E-state index >= 15 is 0 Å². The van der Waals surface area contributed by atoms with E-state index in [4.69, 9.17) is 0 Å². The fourth-order valence-corrected chi connectivity index (χ4v) is 9.66. The van der Waals surface area contributed by atoms with E-state index in [1.165, 1.54) is 122 Å². The average Bonchev–Trinajstić information content (AvgIpc) is 3.51. The summed E-state index contributed by atoms with van der Waals surface area (Å²) in [5.74, 6) is 0. The summed E-state index contributed by atoms with van der Waals surface area (Å²) in [7, 11) is 0. The lowest BCUT2D eigenvalue weighted by atomic mass is 9.67. The molecule has 0 bridgehead atoms. The predicted octanol–water partition coefficient (Wildman–Crippen LogP) is 12.9. The van der Waals surface area contributed by atoms with Crippen LogP contribution < -0.4 is 4.90 Å². The molecule has 10 rings (SSSR count). The van der Waals surface area contributed by atoms with Crippen LogP contribution >= 0.6 is 0 Å². The number of benzene rings is 7. The van der Waals surface area contributed by atoms with Crippen LogP contribution in [0.1, 0.15) is 70.2 Å². The molecule has 1 nitrogen and oxygen atoms in total. The smallest absolute Gasteiger partial charge is 0.0714 e. The molecule has 52 heavy (non-hydrogen) atoms. The first kappa shape index (κ1) is 31.1. The Labute approximate surface area is 308 Å². The van der Waals surface area contributed by atoms with Crippen LogP contribution in [-0.2, 0) is 31.1 Å². The second kappa shape index (κ2) is 12.8. The lowest BCUT2D eigenvalue weighted by Crippen LogP contribution is -2.28. The Balaban J connectivity index is 1.32. The molecule has 7 aromatic carbocycles. The molecule has 0 amide bonds. The van der Waals surface area contributed by atoms with Gasteiger partial charge in [-0.05, 0) is 149 Å². The van der Waals surface area contributed by atoms with Crippen molar-refractivity contribution in [3.8, 4) is 22.3 Å². The molecule has 0 spiro atoms. The molecule has 0 saturated heterocycles. The minimum absolute atomic E-state index is 0.476. The molecule has 3 aliphatic carbocycles. The minimum Gasteiger partial charge on any atom is -0.310 e. The normalized spacial score (nSPS) is 15.2. The van der Waals surface area contributed by atoms with Gasteiger partial charge in [0.1, 0.15) is 0 Å². The highest BCUT2D eigenvalue weighted by Crippen LogP contribution is 2.59. The van der Waals surface area contributed by atoms with Gasteiger partial charge < -0.3 is 4.90 Å². The Morgan fingerprint density at radius 1 is 0.365 bits per heavy atom. The molecular formula is C51H43N. The lowest BCUT2D eigenvalue weighted by molar-refractivity contribution is 0.685. The number of aryl methyl sites for hydroxylation is 4. The number of hydrogen-bond acceptors (Lipinski definition) is 1. The summed E-state index contributed by atoms with van der Waals surface area (Å²) < 4.78 is 0. The van der Waals surface area contributed by atoms with E-state index in [-0.39, 0.29) is 0 Å². The lowest BCUT2D eigenvalue weighted by Gasteiger charge is -2.35. The van der Waals surface area contributed by atoms with E-state index in [2.05, 4.69) is 169 Å². The average molecular weight is 670 g/mol. The van der Waals surface area contributed by atoms with Gasteiger partial charge in [0, 0.05) is 16.9 Å². The molecular weight excluding hydrogens is 627 g/mol. The number of para-hydroxylation sites is 1. The number of anilines is 3. The van der Waals surface area contributed by atoms with Gasteiger partial charge in [0.15, 0.2) is 0 Å². The molecule has 7 aromatic rings. The molecule has 0 unspecified atom stereocenters. The fourth-order valence-electron chi connectivity index (χ4n) is 9.66. The zero-order valence-corrected chi connectivity index (χ0v) is 29.7. The highest BCUT2D eigenvalue weighted by atomic mass is 15.1. The zero-order valence-electron chi connectivity index (χ0n) is 29.7. The number of nitrogens with zero attached hydrogens (tertiary/aromatic N) is 1. The second-order valence-corrected chi connectivity index (χ2v) is 15.0.